The lowest BCUT2D eigenvalue weighted by molar-refractivity contribution is -0.129. The van der Waals surface area contributed by atoms with E-state index in [1.807, 2.05) is 4.90 Å². The van der Waals surface area contributed by atoms with Crippen molar-refractivity contribution in [2.24, 2.45) is 0 Å². The molecule has 3 rings (SSSR count). The SMILES string of the molecule is CC(=O)N1CCC(Nc2cc(C)c3ccc(C)c(C)c3n2)CC1. The molecule has 1 saturated heterocycles. The van der Waals surface area contributed by atoms with Gasteiger partial charge in [-0.1, -0.05) is 12.1 Å². The summed E-state index contributed by atoms with van der Waals surface area (Å²) in [6.45, 7) is 9.72. The monoisotopic (exact) mass is 311 g/mol. The van der Waals surface area contributed by atoms with Crippen molar-refractivity contribution >= 4 is 22.6 Å². The van der Waals surface area contributed by atoms with Gasteiger partial charge in [0.2, 0.25) is 5.91 Å². The Morgan fingerprint density at radius 2 is 1.87 bits per heavy atom. The Bertz CT molecular complexity index is 746. The number of piperidine rings is 1. The maximum absolute atomic E-state index is 11.4. The van der Waals surface area contributed by atoms with E-state index < -0.39 is 0 Å². The van der Waals surface area contributed by atoms with Gasteiger partial charge in [-0.15, -0.1) is 0 Å². The largest absolute Gasteiger partial charge is 0.367 e. The molecule has 1 amide bonds. The second kappa shape index (κ2) is 6.19. The highest BCUT2D eigenvalue weighted by Gasteiger charge is 2.21. The summed E-state index contributed by atoms with van der Waals surface area (Å²) < 4.78 is 0. The van der Waals surface area contributed by atoms with Crippen molar-refractivity contribution in [2.45, 2.75) is 46.6 Å². The van der Waals surface area contributed by atoms with Gasteiger partial charge in [0.25, 0.3) is 0 Å². The maximum atomic E-state index is 11.4. The molecule has 122 valence electrons. The third kappa shape index (κ3) is 3.16. The summed E-state index contributed by atoms with van der Waals surface area (Å²) in [7, 11) is 0. The minimum Gasteiger partial charge on any atom is -0.367 e. The van der Waals surface area contributed by atoms with Crippen molar-refractivity contribution in [1.29, 1.82) is 0 Å². The average Bonchev–Trinajstić information content (AvgIpc) is 2.52. The summed E-state index contributed by atoms with van der Waals surface area (Å²) >= 11 is 0. The summed E-state index contributed by atoms with van der Waals surface area (Å²) in [6.07, 6.45) is 1.95. The van der Waals surface area contributed by atoms with Crippen LogP contribution in [-0.2, 0) is 4.79 Å². The molecule has 2 heterocycles. The topological polar surface area (TPSA) is 45.2 Å². The van der Waals surface area contributed by atoms with Crippen LogP contribution in [-0.4, -0.2) is 34.9 Å². The third-order valence-corrected chi connectivity index (χ3v) is 5.00. The normalized spacial score (nSPS) is 15.9. The minimum atomic E-state index is 0.175. The second-order valence-electron chi connectivity index (χ2n) is 6.65. The number of hydrogen-bond donors (Lipinski definition) is 1. The first-order valence-electron chi connectivity index (χ1n) is 8.35. The van der Waals surface area contributed by atoms with Gasteiger partial charge in [0.15, 0.2) is 0 Å². The number of pyridine rings is 1. The fourth-order valence-corrected chi connectivity index (χ4v) is 3.32. The lowest BCUT2D eigenvalue weighted by Crippen LogP contribution is -2.41. The number of nitrogens with one attached hydrogen (secondary N) is 1. The van der Waals surface area contributed by atoms with E-state index in [1.165, 1.54) is 22.1 Å². The first-order chi connectivity index (χ1) is 11.0. The van der Waals surface area contributed by atoms with Gasteiger partial charge < -0.3 is 10.2 Å². The van der Waals surface area contributed by atoms with Crippen molar-refractivity contribution in [3.8, 4) is 0 Å². The summed E-state index contributed by atoms with van der Waals surface area (Å²) in [5, 5.41) is 4.80. The molecule has 23 heavy (non-hydrogen) atoms. The van der Waals surface area contributed by atoms with Crippen LogP contribution >= 0.6 is 0 Å². The van der Waals surface area contributed by atoms with Crippen molar-refractivity contribution in [3.05, 3.63) is 34.9 Å². The summed E-state index contributed by atoms with van der Waals surface area (Å²) in [5.74, 6) is 1.12. The Hall–Kier alpha value is -2.10. The molecule has 4 heteroatoms. The number of benzene rings is 1. The van der Waals surface area contributed by atoms with Crippen LogP contribution in [0.25, 0.3) is 10.9 Å². The average molecular weight is 311 g/mol. The van der Waals surface area contributed by atoms with E-state index in [-0.39, 0.29) is 5.91 Å². The van der Waals surface area contributed by atoms with Crippen LogP contribution in [0.15, 0.2) is 18.2 Å². The number of carbonyl (C=O) groups excluding carboxylic acids is 1. The summed E-state index contributed by atoms with van der Waals surface area (Å²) in [6, 6.07) is 6.85. The Kier molecular flexibility index (Phi) is 4.24. The number of carbonyl (C=O) groups is 1. The molecule has 1 aliphatic heterocycles. The van der Waals surface area contributed by atoms with Gasteiger partial charge in [0.1, 0.15) is 5.82 Å². The number of nitrogens with zero attached hydrogens (tertiary/aromatic N) is 2. The van der Waals surface area contributed by atoms with Crippen LogP contribution in [0.2, 0.25) is 0 Å². The Morgan fingerprint density at radius 3 is 2.52 bits per heavy atom. The fourth-order valence-electron chi connectivity index (χ4n) is 3.32. The van der Waals surface area contributed by atoms with Gasteiger partial charge in [0, 0.05) is 31.4 Å². The molecule has 0 aliphatic carbocycles. The molecule has 1 aromatic carbocycles. The molecule has 1 fully saturated rings. The Morgan fingerprint density at radius 1 is 1.17 bits per heavy atom. The number of rotatable bonds is 2. The molecule has 0 atom stereocenters. The van der Waals surface area contributed by atoms with Gasteiger partial charge in [-0.3, -0.25) is 4.79 Å². The predicted octanol–water partition coefficient (Wildman–Crippen LogP) is 3.58. The maximum Gasteiger partial charge on any atom is 0.219 e. The number of fused-ring (bicyclic) bond motifs is 1. The Balaban J connectivity index is 1.81. The van der Waals surface area contributed by atoms with E-state index in [0.29, 0.717) is 6.04 Å². The third-order valence-electron chi connectivity index (χ3n) is 5.00. The lowest BCUT2D eigenvalue weighted by atomic mass is 10.0. The van der Waals surface area contributed by atoms with E-state index >= 15 is 0 Å². The van der Waals surface area contributed by atoms with Crippen molar-refractivity contribution in [3.63, 3.8) is 0 Å². The second-order valence-corrected chi connectivity index (χ2v) is 6.65. The van der Waals surface area contributed by atoms with Crippen LogP contribution in [0.4, 0.5) is 5.82 Å². The summed E-state index contributed by atoms with van der Waals surface area (Å²) in [5.41, 5.74) is 4.87. The molecule has 1 aromatic heterocycles. The van der Waals surface area contributed by atoms with E-state index in [4.69, 9.17) is 4.98 Å². The van der Waals surface area contributed by atoms with E-state index in [9.17, 15) is 4.79 Å². The zero-order valence-electron chi connectivity index (χ0n) is 14.4. The van der Waals surface area contributed by atoms with Crippen molar-refractivity contribution < 1.29 is 4.79 Å². The summed E-state index contributed by atoms with van der Waals surface area (Å²) in [4.78, 5) is 18.2. The van der Waals surface area contributed by atoms with Crippen molar-refractivity contribution in [2.75, 3.05) is 18.4 Å². The molecule has 1 aliphatic rings. The number of amides is 1. The van der Waals surface area contributed by atoms with Gasteiger partial charge >= 0.3 is 0 Å². The highest BCUT2D eigenvalue weighted by molar-refractivity contribution is 5.87. The molecule has 0 radical (unpaired) electrons. The highest BCUT2D eigenvalue weighted by atomic mass is 16.2. The molecule has 0 bridgehead atoms. The smallest absolute Gasteiger partial charge is 0.219 e. The van der Waals surface area contributed by atoms with Crippen LogP contribution in [0.3, 0.4) is 0 Å². The van der Waals surface area contributed by atoms with E-state index in [0.717, 1.165) is 37.3 Å². The molecule has 0 unspecified atom stereocenters. The fraction of sp³-hybridized carbons (Fsp3) is 0.474. The lowest BCUT2D eigenvalue weighted by Gasteiger charge is -2.32. The number of aromatic nitrogens is 1. The van der Waals surface area contributed by atoms with Gasteiger partial charge in [0.05, 0.1) is 5.52 Å². The molecule has 0 spiro atoms. The quantitative estimate of drug-likeness (QED) is 0.922. The van der Waals surface area contributed by atoms with Crippen LogP contribution < -0.4 is 5.32 Å². The molecular weight excluding hydrogens is 286 g/mol. The predicted molar refractivity (Wildman–Crippen MR) is 94.9 cm³/mol. The molecular formula is C19H25N3O. The molecule has 0 saturated carbocycles. The molecule has 1 N–H and O–H groups in total. The van der Waals surface area contributed by atoms with Gasteiger partial charge in [-0.05, 0) is 56.4 Å². The minimum absolute atomic E-state index is 0.175. The van der Waals surface area contributed by atoms with E-state index in [2.05, 4.69) is 44.3 Å². The Labute approximate surface area is 137 Å². The molecule has 4 nitrogen and oxygen atoms in total. The first-order valence-corrected chi connectivity index (χ1v) is 8.35. The van der Waals surface area contributed by atoms with Crippen LogP contribution in [0.1, 0.15) is 36.5 Å². The standard InChI is InChI=1S/C19H25N3O/c1-12-5-6-17-13(2)11-18(21-19(17)14(12)3)20-16-7-9-22(10-8-16)15(4)23/h5-6,11,16H,7-10H2,1-4H3,(H,20,21). The van der Waals surface area contributed by atoms with Crippen LogP contribution in [0.5, 0.6) is 0 Å². The number of hydrogen-bond acceptors (Lipinski definition) is 3. The highest BCUT2D eigenvalue weighted by Crippen LogP contribution is 2.26. The van der Waals surface area contributed by atoms with Crippen molar-refractivity contribution in [1.82, 2.24) is 9.88 Å². The number of likely N-dealkylation sites (tertiary alicyclic amines) is 1. The number of anilines is 1. The zero-order chi connectivity index (χ0) is 16.6. The number of aryl methyl sites for hydroxylation is 3. The van der Waals surface area contributed by atoms with Gasteiger partial charge in [-0.2, -0.15) is 0 Å². The van der Waals surface area contributed by atoms with Crippen LogP contribution in [0, 0.1) is 20.8 Å². The zero-order valence-corrected chi connectivity index (χ0v) is 14.4. The van der Waals surface area contributed by atoms with E-state index in [1.54, 1.807) is 6.92 Å². The first kappa shape index (κ1) is 15.8. The van der Waals surface area contributed by atoms with Gasteiger partial charge in [-0.25, -0.2) is 4.98 Å². The molecule has 2 aromatic rings.